The van der Waals surface area contributed by atoms with Crippen LogP contribution < -0.4 is 5.32 Å². The van der Waals surface area contributed by atoms with Crippen LogP contribution in [0.2, 0.25) is 0 Å². The molecule has 2 N–H and O–H groups in total. The summed E-state index contributed by atoms with van der Waals surface area (Å²) in [6.07, 6.45) is 0. The Morgan fingerprint density at radius 2 is 1.85 bits per heavy atom. The minimum absolute atomic E-state index is 0.0592. The number of amides is 1. The summed E-state index contributed by atoms with van der Waals surface area (Å²) in [5.74, 6) is 0.890. The number of H-pyrrole nitrogens is 1. The molecule has 0 radical (unpaired) electrons. The van der Waals surface area contributed by atoms with Gasteiger partial charge in [0, 0.05) is 10.3 Å². The van der Waals surface area contributed by atoms with E-state index in [9.17, 15) is 4.79 Å². The Balaban J connectivity index is 1.64. The van der Waals surface area contributed by atoms with E-state index in [0.29, 0.717) is 11.6 Å². The van der Waals surface area contributed by atoms with Gasteiger partial charge in [-0.1, -0.05) is 30.3 Å². The third-order valence-corrected chi connectivity index (χ3v) is 3.85. The fourth-order valence-electron chi connectivity index (χ4n) is 1.89. The fourth-order valence-corrected chi connectivity index (χ4v) is 2.61. The number of carbonyl (C=O) groups excluding carboxylic acids is 1. The van der Waals surface area contributed by atoms with Crippen molar-refractivity contribution in [3.63, 3.8) is 0 Å². The third-order valence-electron chi connectivity index (χ3n) is 2.84. The van der Waals surface area contributed by atoms with Crippen LogP contribution in [0.3, 0.4) is 0 Å². The second-order valence-corrected chi connectivity index (χ2v) is 5.32. The molecule has 0 bridgehead atoms. The number of thioether (sulfide) groups is 1. The second kappa shape index (κ2) is 5.79. The molecule has 0 aliphatic heterocycles. The number of carbonyl (C=O) groups is 1. The molecule has 0 saturated heterocycles. The molecule has 0 saturated carbocycles. The van der Waals surface area contributed by atoms with Crippen molar-refractivity contribution in [3.05, 3.63) is 54.6 Å². The number of aromatic nitrogens is 2. The Morgan fingerprint density at radius 3 is 2.70 bits per heavy atom. The van der Waals surface area contributed by atoms with E-state index in [1.807, 2.05) is 54.6 Å². The van der Waals surface area contributed by atoms with Gasteiger partial charge in [0.1, 0.15) is 0 Å². The summed E-state index contributed by atoms with van der Waals surface area (Å²) in [5, 5.41) is 10.8. The van der Waals surface area contributed by atoms with Crippen molar-refractivity contribution in [2.45, 2.75) is 4.90 Å². The lowest BCUT2D eigenvalue weighted by Gasteiger charge is -2.02. The second-order valence-electron chi connectivity index (χ2n) is 4.27. The number of anilines is 1. The maximum Gasteiger partial charge on any atom is 0.235 e. The smallest absolute Gasteiger partial charge is 0.235 e. The van der Waals surface area contributed by atoms with Crippen molar-refractivity contribution in [2.75, 3.05) is 11.1 Å². The molecule has 0 atom stereocenters. The van der Waals surface area contributed by atoms with Gasteiger partial charge in [-0.3, -0.25) is 9.89 Å². The lowest BCUT2D eigenvalue weighted by molar-refractivity contribution is -0.113. The minimum Gasteiger partial charge on any atom is -0.308 e. The Labute approximate surface area is 120 Å². The first-order chi connectivity index (χ1) is 9.83. The maximum atomic E-state index is 11.9. The number of fused-ring (bicyclic) bond motifs is 1. The average Bonchev–Trinajstić information content (AvgIpc) is 2.90. The van der Waals surface area contributed by atoms with Crippen LogP contribution in [0.15, 0.2) is 59.5 Å². The van der Waals surface area contributed by atoms with Crippen LogP contribution in [-0.2, 0) is 4.79 Å². The molecule has 4 nitrogen and oxygen atoms in total. The fraction of sp³-hybridized carbons (Fsp3) is 0.0667. The quantitative estimate of drug-likeness (QED) is 0.722. The molecule has 0 spiro atoms. The van der Waals surface area contributed by atoms with Gasteiger partial charge in [-0.25, -0.2) is 0 Å². The number of para-hydroxylation sites is 1. The van der Waals surface area contributed by atoms with E-state index in [1.54, 1.807) is 0 Å². The molecule has 3 aromatic rings. The number of rotatable bonds is 4. The molecular formula is C15H13N3OS. The van der Waals surface area contributed by atoms with E-state index in [0.717, 1.165) is 15.8 Å². The molecule has 20 heavy (non-hydrogen) atoms. The molecule has 1 amide bonds. The number of nitrogens with one attached hydrogen (secondary N) is 2. The zero-order chi connectivity index (χ0) is 13.8. The molecule has 0 aliphatic carbocycles. The van der Waals surface area contributed by atoms with E-state index in [4.69, 9.17) is 0 Å². The highest BCUT2D eigenvalue weighted by Crippen LogP contribution is 2.21. The van der Waals surface area contributed by atoms with E-state index in [2.05, 4.69) is 15.5 Å². The maximum absolute atomic E-state index is 11.9. The van der Waals surface area contributed by atoms with Crippen molar-refractivity contribution in [2.24, 2.45) is 0 Å². The van der Waals surface area contributed by atoms with Crippen molar-refractivity contribution in [1.82, 2.24) is 10.2 Å². The van der Waals surface area contributed by atoms with Gasteiger partial charge in [0.25, 0.3) is 0 Å². The molecule has 5 heteroatoms. The molecule has 0 fully saturated rings. The van der Waals surface area contributed by atoms with E-state index in [1.165, 1.54) is 11.8 Å². The van der Waals surface area contributed by atoms with Gasteiger partial charge < -0.3 is 5.32 Å². The largest absolute Gasteiger partial charge is 0.308 e. The Bertz CT molecular complexity index is 724. The SMILES string of the molecule is O=C(CSc1ccccc1)Nc1n[nH]c2ccccc12. The van der Waals surface area contributed by atoms with Gasteiger partial charge >= 0.3 is 0 Å². The Kier molecular flexibility index (Phi) is 3.69. The summed E-state index contributed by atoms with van der Waals surface area (Å²) in [6.45, 7) is 0. The van der Waals surface area contributed by atoms with Gasteiger partial charge in [0.2, 0.25) is 5.91 Å². The van der Waals surface area contributed by atoms with Gasteiger partial charge in [-0.2, -0.15) is 5.10 Å². The van der Waals surface area contributed by atoms with Gasteiger partial charge in [-0.05, 0) is 24.3 Å². The van der Waals surface area contributed by atoms with Crippen molar-refractivity contribution < 1.29 is 4.79 Å². The van der Waals surface area contributed by atoms with Gasteiger partial charge in [0.15, 0.2) is 5.82 Å². The van der Waals surface area contributed by atoms with E-state index >= 15 is 0 Å². The molecule has 1 heterocycles. The minimum atomic E-state index is -0.0592. The average molecular weight is 283 g/mol. The lowest BCUT2D eigenvalue weighted by atomic mass is 10.2. The number of aromatic amines is 1. The normalized spacial score (nSPS) is 10.6. The molecule has 100 valence electrons. The summed E-state index contributed by atoms with van der Waals surface area (Å²) in [4.78, 5) is 13.0. The van der Waals surface area contributed by atoms with Crippen molar-refractivity contribution in [1.29, 1.82) is 0 Å². The Hall–Kier alpha value is -2.27. The topological polar surface area (TPSA) is 57.8 Å². The summed E-state index contributed by atoms with van der Waals surface area (Å²) >= 11 is 1.51. The molecule has 3 rings (SSSR count). The zero-order valence-electron chi connectivity index (χ0n) is 10.7. The highest BCUT2D eigenvalue weighted by Gasteiger charge is 2.09. The Morgan fingerprint density at radius 1 is 1.10 bits per heavy atom. The molecule has 0 unspecified atom stereocenters. The molecule has 1 aromatic heterocycles. The highest BCUT2D eigenvalue weighted by atomic mass is 32.2. The van der Waals surface area contributed by atoms with Crippen molar-refractivity contribution in [3.8, 4) is 0 Å². The van der Waals surface area contributed by atoms with Gasteiger partial charge in [-0.15, -0.1) is 11.8 Å². The first kappa shape index (κ1) is 12.7. The standard InChI is InChI=1S/C15H13N3OS/c19-14(10-20-11-6-2-1-3-7-11)16-15-12-8-4-5-9-13(12)17-18-15/h1-9H,10H2,(H2,16,17,18,19). The number of nitrogens with zero attached hydrogens (tertiary/aromatic N) is 1. The van der Waals surface area contributed by atoms with Crippen LogP contribution in [0, 0.1) is 0 Å². The van der Waals surface area contributed by atoms with Crippen LogP contribution in [-0.4, -0.2) is 21.9 Å². The van der Waals surface area contributed by atoms with Crippen LogP contribution in [0.5, 0.6) is 0 Å². The monoisotopic (exact) mass is 283 g/mol. The third kappa shape index (κ3) is 2.83. The van der Waals surface area contributed by atoms with Crippen LogP contribution in [0.1, 0.15) is 0 Å². The summed E-state index contributed by atoms with van der Waals surface area (Å²) in [6, 6.07) is 17.6. The van der Waals surface area contributed by atoms with Gasteiger partial charge in [0.05, 0.1) is 11.3 Å². The summed E-state index contributed by atoms with van der Waals surface area (Å²) in [5.41, 5.74) is 0.915. The van der Waals surface area contributed by atoms with Crippen LogP contribution >= 0.6 is 11.8 Å². The van der Waals surface area contributed by atoms with E-state index in [-0.39, 0.29) is 5.91 Å². The number of hydrogen-bond donors (Lipinski definition) is 2. The molecule has 0 aliphatic rings. The number of benzene rings is 2. The van der Waals surface area contributed by atoms with Crippen LogP contribution in [0.4, 0.5) is 5.82 Å². The molecule has 2 aromatic carbocycles. The zero-order valence-corrected chi connectivity index (χ0v) is 11.5. The lowest BCUT2D eigenvalue weighted by Crippen LogP contribution is -2.14. The predicted octanol–water partition coefficient (Wildman–Crippen LogP) is 3.29. The number of hydrogen-bond acceptors (Lipinski definition) is 3. The first-order valence-electron chi connectivity index (χ1n) is 6.24. The van der Waals surface area contributed by atoms with Crippen molar-refractivity contribution >= 4 is 34.4 Å². The first-order valence-corrected chi connectivity index (χ1v) is 7.22. The highest BCUT2D eigenvalue weighted by molar-refractivity contribution is 8.00. The van der Waals surface area contributed by atoms with E-state index < -0.39 is 0 Å². The summed E-state index contributed by atoms with van der Waals surface area (Å²) in [7, 11) is 0. The molecular weight excluding hydrogens is 270 g/mol. The predicted molar refractivity (Wildman–Crippen MR) is 81.9 cm³/mol. The summed E-state index contributed by atoms with van der Waals surface area (Å²) < 4.78 is 0. The van der Waals surface area contributed by atoms with Crippen LogP contribution in [0.25, 0.3) is 10.9 Å².